The van der Waals surface area contributed by atoms with Gasteiger partial charge in [0, 0.05) is 30.5 Å². The first-order chi connectivity index (χ1) is 8.25. The summed E-state index contributed by atoms with van der Waals surface area (Å²) < 4.78 is 14.8. The summed E-state index contributed by atoms with van der Waals surface area (Å²) in [5.74, 6) is -0.265. The molecule has 0 amide bonds. The van der Waals surface area contributed by atoms with Gasteiger partial charge in [-0.25, -0.2) is 4.39 Å². The van der Waals surface area contributed by atoms with E-state index in [1.165, 1.54) is 12.1 Å². The zero-order chi connectivity index (χ0) is 12.1. The Kier molecular flexibility index (Phi) is 4.12. The normalized spacial score (nSPS) is 10.7. The fourth-order valence-corrected chi connectivity index (χ4v) is 1.71. The van der Waals surface area contributed by atoms with Crippen molar-refractivity contribution in [3.63, 3.8) is 0 Å². The van der Waals surface area contributed by atoms with Crippen LogP contribution >= 0.6 is 11.6 Å². The van der Waals surface area contributed by atoms with Crippen LogP contribution in [-0.2, 0) is 13.1 Å². The molecule has 17 heavy (non-hydrogen) atoms. The lowest BCUT2D eigenvalue weighted by molar-refractivity contribution is 0.553. The van der Waals surface area contributed by atoms with Crippen LogP contribution in [0.15, 0.2) is 36.7 Å². The van der Waals surface area contributed by atoms with Gasteiger partial charge in [0.05, 0.1) is 6.54 Å². The van der Waals surface area contributed by atoms with Crippen LogP contribution in [-0.4, -0.2) is 16.3 Å². The van der Waals surface area contributed by atoms with Crippen LogP contribution in [0.25, 0.3) is 0 Å². The third kappa shape index (κ3) is 3.54. The quantitative estimate of drug-likeness (QED) is 0.830. The zero-order valence-electron chi connectivity index (χ0n) is 9.24. The average molecular weight is 254 g/mol. The number of hydrogen-bond donors (Lipinski definition) is 1. The molecule has 0 aliphatic carbocycles. The first kappa shape index (κ1) is 12.1. The van der Waals surface area contributed by atoms with Crippen LogP contribution in [0.1, 0.15) is 5.56 Å². The lowest BCUT2D eigenvalue weighted by Crippen LogP contribution is -2.20. The number of benzene rings is 1. The molecule has 3 nitrogen and oxygen atoms in total. The maximum Gasteiger partial charge on any atom is 0.123 e. The van der Waals surface area contributed by atoms with E-state index in [0.717, 1.165) is 18.7 Å². The molecule has 0 saturated heterocycles. The molecule has 5 heteroatoms. The van der Waals surface area contributed by atoms with Gasteiger partial charge in [0.2, 0.25) is 0 Å². The lowest BCUT2D eigenvalue weighted by Gasteiger charge is -2.07. The highest BCUT2D eigenvalue weighted by Gasteiger charge is 2.01. The number of nitrogens with zero attached hydrogens (tertiary/aromatic N) is 2. The molecular formula is C12H13ClFN3. The molecule has 1 aromatic heterocycles. The van der Waals surface area contributed by atoms with Crippen molar-refractivity contribution in [1.29, 1.82) is 0 Å². The molecular weight excluding hydrogens is 241 g/mol. The molecule has 90 valence electrons. The first-order valence-electron chi connectivity index (χ1n) is 5.38. The second-order valence-electron chi connectivity index (χ2n) is 3.68. The van der Waals surface area contributed by atoms with Gasteiger partial charge in [0.25, 0.3) is 0 Å². The van der Waals surface area contributed by atoms with E-state index in [4.69, 9.17) is 11.6 Å². The zero-order valence-corrected chi connectivity index (χ0v) is 9.99. The summed E-state index contributed by atoms with van der Waals surface area (Å²) in [4.78, 5) is 0. The summed E-state index contributed by atoms with van der Waals surface area (Å²) in [5.41, 5.74) is 0.770. The Bertz CT molecular complexity index is 471. The number of nitrogens with one attached hydrogen (secondary N) is 1. The number of halogens is 2. The Morgan fingerprint density at radius 3 is 3.06 bits per heavy atom. The van der Waals surface area contributed by atoms with Crippen molar-refractivity contribution in [1.82, 2.24) is 15.1 Å². The Morgan fingerprint density at radius 2 is 2.29 bits per heavy atom. The predicted octanol–water partition coefficient (Wildman–Crippen LogP) is 2.47. The Labute approximate surface area is 104 Å². The lowest BCUT2D eigenvalue weighted by atomic mass is 10.2. The highest BCUT2D eigenvalue weighted by molar-refractivity contribution is 6.31. The molecule has 1 aromatic carbocycles. The highest BCUT2D eigenvalue weighted by Crippen LogP contribution is 2.16. The fourth-order valence-electron chi connectivity index (χ4n) is 1.53. The van der Waals surface area contributed by atoms with Gasteiger partial charge in [-0.15, -0.1) is 0 Å². The molecule has 0 unspecified atom stereocenters. The van der Waals surface area contributed by atoms with E-state index in [-0.39, 0.29) is 5.82 Å². The summed E-state index contributed by atoms with van der Waals surface area (Å²) in [6.07, 6.45) is 3.64. The minimum Gasteiger partial charge on any atom is -0.311 e. The van der Waals surface area contributed by atoms with E-state index in [9.17, 15) is 4.39 Å². The monoisotopic (exact) mass is 253 g/mol. The molecule has 0 atom stereocenters. The van der Waals surface area contributed by atoms with Gasteiger partial charge >= 0.3 is 0 Å². The van der Waals surface area contributed by atoms with Crippen LogP contribution in [0, 0.1) is 5.82 Å². The third-order valence-corrected chi connectivity index (χ3v) is 2.77. The molecule has 0 radical (unpaired) electrons. The summed E-state index contributed by atoms with van der Waals surface area (Å²) in [7, 11) is 0. The van der Waals surface area contributed by atoms with Crippen LogP contribution < -0.4 is 5.32 Å². The molecule has 0 fully saturated rings. The van der Waals surface area contributed by atoms with Gasteiger partial charge in [0.1, 0.15) is 5.82 Å². The van der Waals surface area contributed by atoms with E-state index < -0.39 is 0 Å². The van der Waals surface area contributed by atoms with Gasteiger partial charge in [0.15, 0.2) is 0 Å². The van der Waals surface area contributed by atoms with Gasteiger partial charge < -0.3 is 5.32 Å². The summed E-state index contributed by atoms with van der Waals surface area (Å²) in [6, 6.07) is 6.25. The van der Waals surface area contributed by atoms with E-state index in [1.807, 2.05) is 16.9 Å². The summed E-state index contributed by atoms with van der Waals surface area (Å²) in [6.45, 7) is 2.09. The van der Waals surface area contributed by atoms with Crippen LogP contribution in [0.4, 0.5) is 4.39 Å². The molecule has 1 N–H and O–H groups in total. The topological polar surface area (TPSA) is 29.9 Å². The van der Waals surface area contributed by atoms with Crippen LogP contribution in [0.2, 0.25) is 5.02 Å². The van der Waals surface area contributed by atoms with E-state index in [2.05, 4.69) is 10.4 Å². The second-order valence-corrected chi connectivity index (χ2v) is 4.09. The van der Waals surface area contributed by atoms with Crippen molar-refractivity contribution >= 4 is 11.6 Å². The van der Waals surface area contributed by atoms with E-state index in [1.54, 1.807) is 12.3 Å². The van der Waals surface area contributed by atoms with E-state index in [0.29, 0.717) is 11.6 Å². The first-order valence-corrected chi connectivity index (χ1v) is 5.75. The number of aromatic nitrogens is 2. The van der Waals surface area contributed by atoms with Gasteiger partial charge in [-0.3, -0.25) is 4.68 Å². The Balaban J connectivity index is 1.80. The van der Waals surface area contributed by atoms with Gasteiger partial charge in [-0.2, -0.15) is 5.10 Å². The number of rotatable bonds is 5. The predicted molar refractivity (Wildman–Crippen MR) is 65.3 cm³/mol. The molecule has 0 aliphatic heterocycles. The molecule has 1 heterocycles. The standard InChI is InChI=1S/C12H13ClFN3/c13-12-3-2-11(14)8-10(12)9-15-5-7-17-6-1-4-16-17/h1-4,6,8,15H,5,7,9H2. The van der Waals surface area contributed by atoms with Crippen molar-refractivity contribution in [2.75, 3.05) is 6.54 Å². The van der Waals surface area contributed by atoms with Crippen molar-refractivity contribution < 1.29 is 4.39 Å². The minimum absolute atomic E-state index is 0.265. The third-order valence-electron chi connectivity index (χ3n) is 2.40. The molecule has 0 saturated carbocycles. The Hall–Kier alpha value is -1.39. The average Bonchev–Trinajstić information content (AvgIpc) is 2.82. The summed E-state index contributed by atoms with van der Waals surface area (Å²) >= 11 is 5.95. The van der Waals surface area contributed by atoms with Crippen LogP contribution in [0.3, 0.4) is 0 Å². The maximum atomic E-state index is 13.0. The van der Waals surface area contributed by atoms with Crippen LogP contribution in [0.5, 0.6) is 0 Å². The van der Waals surface area contributed by atoms with Gasteiger partial charge in [-0.05, 0) is 29.8 Å². The SMILES string of the molecule is Fc1ccc(Cl)c(CNCCn2cccn2)c1. The smallest absolute Gasteiger partial charge is 0.123 e. The molecule has 2 rings (SSSR count). The highest BCUT2D eigenvalue weighted by atomic mass is 35.5. The van der Waals surface area contributed by atoms with Crippen molar-refractivity contribution in [2.45, 2.75) is 13.1 Å². The minimum atomic E-state index is -0.265. The fraction of sp³-hybridized carbons (Fsp3) is 0.250. The second kappa shape index (κ2) is 5.80. The van der Waals surface area contributed by atoms with Crippen molar-refractivity contribution in [3.05, 3.63) is 53.1 Å². The number of hydrogen-bond acceptors (Lipinski definition) is 2. The largest absolute Gasteiger partial charge is 0.311 e. The summed E-state index contributed by atoms with van der Waals surface area (Å²) in [5, 5.41) is 7.86. The molecule has 0 aliphatic rings. The van der Waals surface area contributed by atoms with Crippen molar-refractivity contribution in [3.8, 4) is 0 Å². The molecule has 0 spiro atoms. The maximum absolute atomic E-state index is 13.0. The molecule has 2 aromatic rings. The van der Waals surface area contributed by atoms with Crippen molar-refractivity contribution in [2.24, 2.45) is 0 Å². The Morgan fingerprint density at radius 1 is 1.41 bits per heavy atom. The van der Waals surface area contributed by atoms with E-state index >= 15 is 0 Å². The molecule has 0 bridgehead atoms. The van der Waals surface area contributed by atoms with Gasteiger partial charge in [-0.1, -0.05) is 11.6 Å².